The highest BCUT2D eigenvalue weighted by Gasteiger charge is 1.74. The molecule has 0 fully saturated rings. The summed E-state index contributed by atoms with van der Waals surface area (Å²) in [5, 5.41) is 15.1. The van der Waals surface area contributed by atoms with Crippen molar-refractivity contribution in [2.24, 2.45) is 0 Å². The number of hydrogen-bond acceptors (Lipinski definition) is 2. The molecule has 0 heterocycles. The fourth-order valence-corrected chi connectivity index (χ4v) is 0. The fraction of sp³-hybridized carbons (Fsp3) is 0. The van der Waals surface area contributed by atoms with E-state index in [2.05, 4.69) is 13.0 Å². The van der Waals surface area contributed by atoms with E-state index < -0.39 is 11.9 Å². The van der Waals surface area contributed by atoms with E-state index in [-0.39, 0.29) is 0 Å². The molecule has 54 valence electrons. The molecule has 0 aliphatic heterocycles. The van der Waals surface area contributed by atoms with Gasteiger partial charge >= 0.3 is 11.9 Å². The van der Waals surface area contributed by atoms with Crippen molar-refractivity contribution in [2.45, 2.75) is 0 Å². The lowest BCUT2D eigenvalue weighted by Crippen LogP contribution is -1.83. The van der Waals surface area contributed by atoms with Gasteiger partial charge in [0.2, 0.25) is 0 Å². The van der Waals surface area contributed by atoms with E-state index in [4.69, 9.17) is 15.0 Å². The predicted molar refractivity (Wildman–Crippen MR) is 34.3 cm³/mol. The molecule has 0 spiro atoms. The van der Waals surface area contributed by atoms with Crippen LogP contribution in [0.1, 0.15) is 0 Å². The van der Waals surface area contributed by atoms with Gasteiger partial charge in [0.15, 0.2) is 0 Å². The lowest BCUT2D eigenvalue weighted by molar-refractivity contribution is -0.132. The van der Waals surface area contributed by atoms with Crippen molar-refractivity contribution < 1.29 is 19.8 Å². The summed E-state index contributed by atoms with van der Waals surface area (Å²) < 4.78 is 0. The topological polar surface area (TPSA) is 74.6 Å². The molecule has 0 atom stereocenters. The van der Waals surface area contributed by atoms with Gasteiger partial charge in [-0.3, -0.25) is 0 Å². The fourth-order valence-electron chi connectivity index (χ4n) is 0. The van der Waals surface area contributed by atoms with E-state index in [1.165, 1.54) is 5.92 Å². The molecule has 4 nitrogen and oxygen atoms in total. The van der Waals surface area contributed by atoms with Crippen LogP contribution in [0, 0.1) is 12.3 Å². The smallest absolute Gasteiger partial charge is 0.381 e. The molecule has 0 aromatic heterocycles. The molecule has 0 radical (unpaired) electrons. The van der Waals surface area contributed by atoms with Crippen LogP contribution in [0.15, 0.2) is 12.7 Å². The Balaban J connectivity index is 0. The highest BCUT2D eigenvalue weighted by Crippen LogP contribution is 1.54. The van der Waals surface area contributed by atoms with Crippen LogP contribution in [0.25, 0.3) is 0 Å². The highest BCUT2D eigenvalue weighted by molar-refractivity contribution is 5.85. The lowest BCUT2D eigenvalue weighted by Gasteiger charge is -1.64. The van der Waals surface area contributed by atoms with E-state index in [1.807, 2.05) is 0 Å². The van der Waals surface area contributed by atoms with Crippen LogP contribution in [0.3, 0.4) is 0 Å². The van der Waals surface area contributed by atoms with Gasteiger partial charge in [-0.15, -0.1) is 6.42 Å². The zero-order valence-electron chi connectivity index (χ0n) is 5.07. The molecule has 4 heteroatoms. The molecule has 0 aliphatic carbocycles. The normalized spacial score (nSPS) is 5.90. The minimum absolute atomic E-state index is 0.833. The molecular formula is C6H6O4. The Morgan fingerprint density at radius 3 is 1.70 bits per heavy atom. The van der Waals surface area contributed by atoms with Crippen LogP contribution in [0.2, 0.25) is 0 Å². The maximum absolute atomic E-state index is 9.25. The molecule has 10 heavy (non-hydrogen) atoms. The Morgan fingerprint density at radius 2 is 1.70 bits per heavy atom. The maximum Gasteiger partial charge on any atom is 0.381 e. The molecule has 0 rings (SSSR count). The third kappa shape index (κ3) is 34.1. The summed E-state index contributed by atoms with van der Waals surface area (Å²) in [5.41, 5.74) is 0. The standard InChI is InChI=1S/C3H4O2.C3H2O2/c2*1-2-3(4)5/h2H,1H2,(H,4,5);1H,(H,4,5). The second-order valence-corrected chi connectivity index (χ2v) is 0.992. The van der Waals surface area contributed by atoms with Crippen molar-refractivity contribution in [3.63, 3.8) is 0 Å². The van der Waals surface area contributed by atoms with Crippen molar-refractivity contribution in [3.05, 3.63) is 12.7 Å². The Hall–Kier alpha value is -1.76. The van der Waals surface area contributed by atoms with E-state index in [9.17, 15) is 4.79 Å². The Labute approximate surface area is 57.8 Å². The average molecular weight is 142 g/mol. The van der Waals surface area contributed by atoms with Crippen LogP contribution < -0.4 is 0 Å². The number of hydrogen-bond donors (Lipinski definition) is 2. The van der Waals surface area contributed by atoms with Gasteiger partial charge < -0.3 is 10.2 Å². The number of terminal acetylenes is 1. The summed E-state index contributed by atoms with van der Waals surface area (Å²) in [7, 11) is 0. The summed E-state index contributed by atoms with van der Waals surface area (Å²) in [4.78, 5) is 18.4. The first-order valence-corrected chi connectivity index (χ1v) is 2.09. The first-order valence-electron chi connectivity index (χ1n) is 2.09. The molecule has 0 saturated carbocycles. The number of carboxylic acids is 2. The summed E-state index contributed by atoms with van der Waals surface area (Å²) in [6.07, 6.45) is 5.16. The molecule has 0 aliphatic rings. The minimum Gasteiger partial charge on any atom is -0.478 e. The number of aliphatic carboxylic acids is 2. The van der Waals surface area contributed by atoms with Crippen LogP contribution in [-0.2, 0) is 9.59 Å². The van der Waals surface area contributed by atoms with Gasteiger partial charge in [-0.25, -0.2) is 9.59 Å². The van der Waals surface area contributed by atoms with Crippen molar-refractivity contribution in [3.8, 4) is 12.3 Å². The molecule has 0 unspecified atom stereocenters. The van der Waals surface area contributed by atoms with E-state index in [0.29, 0.717) is 0 Å². The molecule has 0 aromatic carbocycles. The van der Waals surface area contributed by atoms with Crippen molar-refractivity contribution in [1.29, 1.82) is 0 Å². The van der Waals surface area contributed by atoms with Crippen molar-refractivity contribution in [1.82, 2.24) is 0 Å². The first kappa shape index (κ1) is 11.1. The molecule has 0 saturated heterocycles. The van der Waals surface area contributed by atoms with E-state index in [1.54, 1.807) is 0 Å². The highest BCUT2D eigenvalue weighted by atomic mass is 16.4. The van der Waals surface area contributed by atoms with Crippen LogP contribution in [0.4, 0.5) is 0 Å². The molecule has 0 amide bonds. The summed E-state index contributed by atoms with van der Waals surface area (Å²) in [5.74, 6) is -0.755. The van der Waals surface area contributed by atoms with Gasteiger partial charge in [-0.1, -0.05) is 6.58 Å². The van der Waals surface area contributed by atoms with Gasteiger partial charge in [0.25, 0.3) is 0 Å². The third-order valence-corrected chi connectivity index (χ3v) is 0.298. The summed E-state index contributed by atoms with van der Waals surface area (Å²) >= 11 is 0. The monoisotopic (exact) mass is 142 g/mol. The Kier molecular flexibility index (Phi) is 8.03. The molecule has 2 N–H and O–H groups in total. The number of rotatable bonds is 1. The van der Waals surface area contributed by atoms with Crippen LogP contribution in [0.5, 0.6) is 0 Å². The van der Waals surface area contributed by atoms with Gasteiger partial charge in [0.1, 0.15) is 0 Å². The SMILES string of the molecule is C#CC(=O)O.C=CC(=O)O. The maximum atomic E-state index is 9.25. The number of carboxylic acid groups (broad SMARTS) is 2. The minimum atomic E-state index is -1.22. The largest absolute Gasteiger partial charge is 0.478 e. The quantitative estimate of drug-likeness (QED) is 0.398. The van der Waals surface area contributed by atoms with Gasteiger partial charge in [-0.2, -0.15) is 0 Å². The summed E-state index contributed by atoms with van der Waals surface area (Å²) in [6, 6.07) is 0. The second-order valence-electron chi connectivity index (χ2n) is 0.992. The van der Waals surface area contributed by atoms with Crippen molar-refractivity contribution in [2.75, 3.05) is 0 Å². The Morgan fingerprint density at radius 1 is 1.50 bits per heavy atom. The average Bonchev–Trinajstić information content (AvgIpc) is 1.89. The first-order chi connectivity index (χ1) is 4.54. The zero-order valence-corrected chi connectivity index (χ0v) is 5.07. The Bertz CT molecular complexity index is 175. The molecule has 0 aromatic rings. The molecule has 0 bridgehead atoms. The third-order valence-electron chi connectivity index (χ3n) is 0.298. The number of carbonyl (C=O) groups is 2. The molecular weight excluding hydrogens is 136 g/mol. The summed E-state index contributed by atoms with van der Waals surface area (Å²) in [6.45, 7) is 2.96. The van der Waals surface area contributed by atoms with Gasteiger partial charge in [0, 0.05) is 12.0 Å². The van der Waals surface area contributed by atoms with Crippen LogP contribution in [-0.4, -0.2) is 22.2 Å². The zero-order chi connectivity index (χ0) is 8.57. The van der Waals surface area contributed by atoms with Gasteiger partial charge in [-0.05, 0) is 0 Å². The second kappa shape index (κ2) is 7.24. The van der Waals surface area contributed by atoms with E-state index in [0.717, 1.165) is 6.08 Å². The van der Waals surface area contributed by atoms with Gasteiger partial charge in [0.05, 0.1) is 0 Å². The van der Waals surface area contributed by atoms with Crippen molar-refractivity contribution >= 4 is 11.9 Å². The predicted octanol–water partition coefficient (Wildman–Crippen LogP) is -0.0388. The lowest BCUT2D eigenvalue weighted by atomic mass is 10.7. The van der Waals surface area contributed by atoms with E-state index >= 15 is 0 Å². The van der Waals surface area contributed by atoms with Crippen LogP contribution >= 0.6 is 0 Å².